The lowest BCUT2D eigenvalue weighted by molar-refractivity contribution is -0.121. The number of hydrogen-bond donors (Lipinski definition) is 2. The van der Waals surface area contributed by atoms with Crippen molar-refractivity contribution in [3.8, 4) is 5.75 Å². The molecule has 1 aliphatic rings. The second-order valence-electron chi connectivity index (χ2n) is 5.20. The lowest BCUT2D eigenvalue weighted by Crippen LogP contribution is -2.37. The lowest BCUT2D eigenvalue weighted by atomic mass is 10.0. The van der Waals surface area contributed by atoms with Crippen LogP contribution < -0.4 is 15.4 Å². The number of piperidine rings is 1. The molecule has 1 atom stereocenters. The van der Waals surface area contributed by atoms with Gasteiger partial charge in [0, 0.05) is 12.6 Å². The molecule has 0 radical (unpaired) electrons. The lowest BCUT2D eigenvalue weighted by Gasteiger charge is -2.23. The summed E-state index contributed by atoms with van der Waals surface area (Å²) >= 11 is 0. The Morgan fingerprint density at radius 3 is 2.90 bits per heavy atom. The molecule has 1 saturated heterocycles. The minimum atomic E-state index is 0.0664. The molecule has 0 aromatic heterocycles. The first-order chi connectivity index (χ1) is 9.84. The SMILES string of the molecule is O=C(CCOc1ccccc1)NCCC1CCCCN1. The third-order valence-electron chi connectivity index (χ3n) is 3.57. The van der Waals surface area contributed by atoms with E-state index in [0.29, 0.717) is 19.1 Å². The zero-order valence-electron chi connectivity index (χ0n) is 11.9. The van der Waals surface area contributed by atoms with E-state index in [-0.39, 0.29) is 5.91 Å². The third kappa shape index (κ3) is 5.61. The van der Waals surface area contributed by atoms with Crippen LogP contribution in [-0.4, -0.2) is 31.6 Å². The number of amides is 1. The highest BCUT2D eigenvalue weighted by Gasteiger charge is 2.12. The summed E-state index contributed by atoms with van der Waals surface area (Å²) in [7, 11) is 0. The van der Waals surface area contributed by atoms with E-state index in [1.54, 1.807) is 0 Å². The Morgan fingerprint density at radius 1 is 1.30 bits per heavy atom. The van der Waals surface area contributed by atoms with Gasteiger partial charge in [-0.05, 0) is 37.9 Å². The van der Waals surface area contributed by atoms with Crippen LogP contribution in [0.15, 0.2) is 30.3 Å². The number of nitrogens with one attached hydrogen (secondary N) is 2. The van der Waals surface area contributed by atoms with Crippen molar-refractivity contribution in [3.63, 3.8) is 0 Å². The Kier molecular flexibility index (Phi) is 6.38. The van der Waals surface area contributed by atoms with E-state index in [4.69, 9.17) is 4.74 Å². The van der Waals surface area contributed by atoms with Gasteiger partial charge in [-0.25, -0.2) is 0 Å². The predicted molar refractivity (Wildman–Crippen MR) is 79.8 cm³/mol. The molecule has 1 unspecified atom stereocenters. The van der Waals surface area contributed by atoms with Gasteiger partial charge in [-0.1, -0.05) is 24.6 Å². The van der Waals surface area contributed by atoms with Gasteiger partial charge in [0.15, 0.2) is 0 Å². The molecule has 0 bridgehead atoms. The smallest absolute Gasteiger partial charge is 0.223 e. The summed E-state index contributed by atoms with van der Waals surface area (Å²) in [5.41, 5.74) is 0. The zero-order chi connectivity index (χ0) is 14.0. The maximum atomic E-state index is 11.7. The third-order valence-corrected chi connectivity index (χ3v) is 3.57. The molecule has 20 heavy (non-hydrogen) atoms. The summed E-state index contributed by atoms with van der Waals surface area (Å²) < 4.78 is 5.50. The summed E-state index contributed by atoms with van der Waals surface area (Å²) in [5.74, 6) is 0.878. The van der Waals surface area contributed by atoms with Crippen LogP contribution in [0.4, 0.5) is 0 Å². The molecule has 110 valence electrons. The van der Waals surface area contributed by atoms with E-state index >= 15 is 0 Å². The average Bonchev–Trinajstić information content (AvgIpc) is 2.49. The van der Waals surface area contributed by atoms with Gasteiger partial charge >= 0.3 is 0 Å². The normalized spacial score (nSPS) is 18.5. The summed E-state index contributed by atoms with van der Waals surface area (Å²) in [6.45, 7) is 2.29. The number of carbonyl (C=O) groups is 1. The Labute approximate surface area is 120 Å². The number of para-hydroxylation sites is 1. The molecular weight excluding hydrogens is 252 g/mol. The van der Waals surface area contributed by atoms with Crippen molar-refractivity contribution in [3.05, 3.63) is 30.3 Å². The van der Waals surface area contributed by atoms with Crippen molar-refractivity contribution in [1.82, 2.24) is 10.6 Å². The van der Waals surface area contributed by atoms with Gasteiger partial charge in [-0.3, -0.25) is 4.79 Å². The largest absolute Gasteiger partial charge is 0.493 e. The summed E-state index contributed by atoms with van der Waals surface area (Å²) in [6.07, 6.45) is 5.24. The minimum Gasteiger partial charge on any atom is -0.493 e. The highest BCUT2D eigenvalue weighted by molar-refractivity contribution is 5.75. The van der Waals surface area contributed by atoms with Crippen LogP contribution in [0.1, 0.15) is 32.1 Å². The Hall–Kier alpha value is -1.55. The molecule has 0 saturated carbocycles. The van der Waals surface area contributed by atoms with E-state index in [1.165, 1.54) is 19.3 Å². The minimum absolute atomic E-state index is 0.0664. The fraction of sp³-hybridized carbons (Fsp3) is 0.562. The van der Waals surface area contributed by atoms with Crippen molar-refractivity contribution in [2.45, 2.75) is 38.1 Å². The summed E-state index contributed by atoms with van der Waals surface area (Å²) in [4.78, 5) is 11.7. The maximum absolute atomic E-state index is 11.7. The molecule has 1 aromatic rings. The van der Waals surface area contributed by atoms with Crippen molar-refractivity contribution in [2.24, 2.45) is 0 Å². The van der Waals surface area contributed by atoms with E-state index < -0.39 is 0 Å². The number of carbonyl (C=O) groups excluding carboxylic acids is 1. The van der Waals surface area contributed by atoms with Gasteiger partial charge in [0.1, 0.15) is 5.75 Å². The first-order valence-corrected chi connectivity index (χ1v) is 7.52. The van der Waals surface area contributed by atoms with Crippen LogP contribution in [-0.2, 0) is 4.79 Å². The van der Waals surface area contributed by atoms with E-state index in [9.17, 15) is 4.79 Å². The summed E-state index contributed by atoms with van der Waals surface area (Å²) in [6, 6.07) is 10.2. The van der Waals surface area contributed by atoms with Crippen LogP contribution in [0.25, 0.3) is 0 Å². The number of rotatable bonds is 7. The molecule has 1 heterocycles. The van der Waals surface area contributed by atoms with Gasteiger partial charge in [-0.2, -0.15) is 0 Å². The van der Waals surface area contributed by atoms with E-state index in [2.05, 4.69) is 10.6 Å². The Bertz CT molecular complexity index is 389. The number of benzene rings is 1. The topological polar surface area (TPSA) is 50.4 Å². The van der Waals surface area contributed by atoms with Crippen LogP contribution in [0.3, 0.4) is 0 Å². The number of ether oxygens (including phenoxy) is 1. The Morgan fingerprint density at radius 2 is 2.15 bits per heavy atom. The Balaban J connectivity index is 1.52. The molecule has 0 aliphatic carbocycles. The zero-order valence-corrected chi connectivity index (χ0v) is 11.9. The molecule has 2 N–H and O–H groups in total. The second kappa shape index (κ2) is 8.59. The van der Waals surface area contributed by atoms with Gasteiger partial charge in [0.2, 0.25) is 5.91 Å². The van der Waals surface area contributed by atoms with Crippen molar-refractivity contribution < 1.29 is 9.53 Å². The van der Waals surface area contributed by atoms with Crippen LogP contribution in [0.2, 0.25) is 0 Å². The molecule has 4 heteroatoms. The fourth-order valence-corrected chi connectivity index (χ4v) is 2.42. The molecular formula is C16H24N2O2. The first-order valence-electron chi connectivity index (χ1n) is 7.52. The molecule has 1 amide bonds. The van der Waals surface area contributed by atoms with Crippen LogP contribution in [0.5, 0.6) is 5.75 Å². The summed E-state index contributed by atoms with van der Waals surface area (Å²) in [5, 5.41) is 6.44. The van der Waals surface area contributed by atoms with Crippen molar-refractivity contribution >= 4 is 5.91 Å². The molecule has 1 aromatic carbocycles. The van der Waals surface area contributed by atoms with E-state index in [1.807, 2.05) is 30.3 Å². The molecule has 1 fully saturated rings. The van der Waals surface area contributed by atoms with Gasteiger partial charge < -0.3 is 15.4 Å². The molecule has 4 nitrogen and oxygen atoms in total. The molecule has 1 aliphatic heterocycles. The quantitative estimate of drug-likeness (QED) is 0.802. The average molecular weight is 276 g/mol. The highest BCUT2D eigenvalue weighted by Crippen LogP contribution is 2.09. The van der Waals surface area contributed by atoms with E-state index in [0.717, 1.165) is 25.3 Å². The maximum Gasteiger partial charge on any atom is 0.223 e. The standard InChI is InChI=1S/C16H24N2O2/c19-16(10-13-20-15-7-2-1-3-8-15)18-12-9-14-6-4-5-11-17-14/h1-3,7-8,14,17H,4-6,9-13H2,(H,18,19). The monoisotopic (exact) mass is 276 g/mol. The van der Waals surface area contributed by atoms with Crippen LogP contribution in [0, 0.1) is 0 Å². The fourth-order valence-electron chi connectivity index (χ4n) is 2.42. The van der Waals surface area contributed by atoms with Gasteiger partial charge in [0.25, 0.3) is 0 Å². The highest BCUT2D eigenvalue weighted by atomic mass is 16.5. The predicted octanol–water partition coefficient (Wildman–Crippen LogP) is 2.10. The van der Waals surface area contributed by atoms with Crippen molar-refractivity contribution in [2.75, 3.05) is 19.7 Å². The molecule has 0 spiro atoms. The van der Waals surface area contributed by atoms with Crippen LogP contribution >= 0.6 is 0 Å². The van der Waals surface area contributed by atoms with Gasteiger partial charge in [-0.15, -0.1) is 0 Å². The van der Waals surface area contributed by atoms with Gasteiger partial charge in [0.05, 0.1) is 13.0 Å². The number of hydrogen-bond acceptors (Lipinski definition) is 3. The van der Waals surface area contributed by atoms with Crippen molar-refractivity contribution in [1.29, 1.82) is 0 Å². The second-order valence-corrected chi connectivity index (χ2v) is 5.20. The molecule has 2 rings (SSSR count). The first kappa shape index (κ1) is 14.9.